The van der Waals surface area contributed by atoms with E-state index in [4.69, 9.17) is 10.2 Å². The Morgan fingerprint density at radius 1 is 0.645 bits per heavy atom. The van der Waals surface area contributed by atoms with Crippen LogP contribution in [-0.4, -0.2) is 137 Å². The Labute approximate surface area is 274 Å². The van der Waals surface area contributed by atoms with E-state index in [1.54, 1.807) is 0 Å². The van der Waals surface area contributed by atoms with Gasteiger partial charge < -0.3 is 15.5 Å². The predicted molar refractivity (Wildman–Crippen MR) is 130 cm³/mol. The number of carbonyl (C=O) groups excluding carboxylic acids is 1. The van der Waals surface area contributed by atoms with Crippen molar-refractivity contribution in [2.24, 2.45) is 0 Å². The van der Waals surface area contributed by atoms with Crippen molar-refractivity contribution in [3.63, 3.8) is 0 Å². The van der Waals surface area contributed by atoms with Gasteiger partial charge in [0.2, 0.25) is 5.91 Å². The summed E-state index contributed by atoms with van der Waals surface area (Å²) in [5, 5.41) is 20.1. The SMILES string of the molecule is CCCCCCCCCCCCCCCCCC(=O)N[C@@H](CCC(=O)O)C(=O)O.[KH].[KH]. The van der Waals surface area contributed by atoms with Crippen molar-refractivity contribution in [3.05, 3.63) is 0 Å². The molecule has 6 nitrogen and oxygen atoms in total. The molecule has 0 aliphatic heterocycles. The summed E-state index contributed by atoms with van der Waals surface area (Å²) in [6.07, 6.45) is 18.8. The van der Waals surface area contributed by atoms with Crippen molar-refractivity contribution in [1.29, 1.82) is 0 Å². The van der Waals surface area contributed by atoms with Gasteiger partial charge in [-0.15, -0.1) is 0 Å². The summed E-state index contributed by atoms with van der Waals surface area (Å²) in [7, 11) is 0. The van der Waals surface area contributed by atoms with Gasteiger partial charge in [-0.2, -0.15) is 0 Å². The van der Waals surface area contributed by atoms with E-state index in [2.05, 4.69) is 12.2 Å². The molecule has 0 spiro atoms. The molecule has 0 saturated carbocycles. The van der Waals surface area contributed by atoms with Gasteiger partial charge >= 0.3 is 115 Å². The topological polar surface area (TPSA) is 104 Å². The van der Waals surface area contributed by atoms with Gasteiger partial charge in [0.1, 0.15) is 6.04 Å². The zero-order valence-electron chi connectivity index (χ0n) is 18.4. The third-order valence-electron chi connectivity index (χ3n) is 5.29. The van der Waals surface area contributed by atoms with Crippen molar-refractivity contribution >= 4 is 121 Å². The molecule has 174 valence electrons. The molecule has 0 aromatic rings. The van der Waals surface area contributed by atoms with Crippen LogP contribution in [0.15, 0.2) is 0 Å². The van der Waals surface area contributed by atoms with Crippen molar-refractivity contribution in [3.8, 4) is 0 Å². The summed E-state index contributed by atoms with van der Waals surface area (Å²) in [4.78, 5) is 33.4. The van der Waals surface area contributed by atoms with Gasteiger partial charge in [-0.05, 0) is 12.8 Å². The van der Waals surface area contributed by atoms with Gasteiger partial charge in [0.25, 0.3) is 0 Å². The molecule has 0 aromatic carbocycles. The van der Waals surface area contributed by atoms with Crippen LogP contribution in [0.3, 0.4) is 0 Å². The van der Waals surface area contributed by atoms with Crippen molar-refractivity contribution in [2.45, 2.75) is 129 Å². The number of hydrogen-bond acceptors (Lipinski definition) is 3. The summed E-state index contributed by atoms with van der Waals surface area (Å²) in [5.74, 6) is -2.55. The number of unbranched alkanes of at least 4 members (excludes halogenated alkanes) is 14. The summed E-state index contributed by atoms with van der Waals surface area (Å²) in [6, 6.07) is -1.12. The van der Waals surface area contributed by atoms with Crippen LogP contribution in [0.1, 0.15) is 122 Å². The number of carboxylic acid groups (broad SMARTS) is 2. The van der Waals surface area contributed by atoms with E-state index < -0.39 is 18.0 Å². The zero-order valence-corrected chi connectivity index (χ0v) is 18.4. The van der Waals surface area contributed by atoms with Gasteiger partial charge in [-0.3, -0.25) is 9.59 Å². The normalized spacial score (nSPS) is 11.1. The Morgan fingerprint density at radius 2 is 1.03 bits per heavy atom. The molecule has 0 aliphatic rings. The molecule has 8 heteroatoms. The molecule has 1 atom stereocenters. The van der Waals surface area contributed by atoms with Crippen LogP contribution in [0, 0.1) is 0 Å². The molecule has 3 N–H and O–H groups in total. The van der Waals surface area contributed by atoms with Crippen LogP contribution in [-0.2, 0) is 14.4 Å². The molecular weight excluding hydrogens is 448 g/mol. The average Bonchev–Trinajstić information content (AvgIpc) is 2.67. The fourth-order valence-electron chi connectivity index (χ4n) is 3.45. The number of hydrogen-bond donors (Lipinski definition) is 3. The molecule has 0 radical (unpaired) electrons. The predicted octanol–water partition coefficient (Wildman–Crippen LogP) is 4.39. The van der Waals surface area contributed by atoms with E-state index in [0.717, 1.165) is 19.3 Å². The van der Waals surface area contributed by atoms with Crippen molar-refractivity contribution < 1.29 is 24.6 Å². The Kier molecular flexibility index (Phi) is 33.5. The standard InChI is InChI=1S/C23H43NO5.2K.2H/c1-2-3-4-5-6-7-8-9-10-11-12-13-14-15-16-17-21(25)24-20(23(28)29)18-19-22(26)27;;;;/h20H,2-19H2,1H3,(H,24,25)(H,26,27)(H,28,29);;;;/t20-;;;;/m0..../s1. The van der Waals surface area contributed by atoms with E-state index in [9.17, 15) is 14.4 Å². The van der Waals surface area contributed by atoms with E-state index in [0.29, 0.717) is 6.42 Å². The van der Waals surface area contributed by atoms with Crippen molar-refractivity contribution in [2.75, 3.05) is 0 Å². The van der Waals surface area contributed by atoms with E-state index in [1.807, 2.05) is 0 Å². The number of amides is 1. The minimum absolute atomic E-state index is 0. The quantitative estimate of drug-likeness (QED) is 0.163. The van der Waals surface area contributed by atoms with Gasteiger partial charge in [0.05, 0.1) is 0 Å². The van der Waals surface area contributed by atoms with Crippen LogP contribution in [0.2, 0.25) is 0 Å². The molecule has 0 bridgehead atoms. The molecule has 0 rings (SSSR count). The monoisotopic (exact) mass is 493 g/mol. The number of carbonyl (C=O) groups is 3. The summed E-state index contributed by atoms with van der Waals surface area (Å²) in [5.41, 5.74) is 0. The fraction of sp³-hybridized carbons (Fsp3) is 0.870. The first kappa shape index (κ1) is 37.2. The number of rotatable bonds is 21. The fourth-order valence-corrected chi connectivity index (χ4v) is 3.45. The zero-order chi connectivity index (χ0) is 21.7. The molecule has 0 unspecified atom stereocenters. The van der Waals surface area contributed by atoms with Crippen LogP contribution >= 0.6 is 0 Å². The second-order valence-electron chi connectivity index (χ2n) is 8.09. The van der Waals surface area contributed by atoms with Crippen LogP contribution in [0.25, 0.3) is 0 Å². The number of aliphatic carboxylic acids is 2. The van der Waals surface area contributed by atoms with Crippen LogP contribution in [0.5, 0.6) is 0 Å². The first-order valence-corrected chi connectivity index (χ1v) is 11.7. The van der Waals surface area contributed by atoms with Gasteiger partial charge in [-0.1, -0.05) is 96.8 Å². The summed E-state index contributed by atoms with van der Waals surface area (Å²) < 4.78 is 0. The van der Waals surface area contributed by atoms with Gasteiger partial charge in [0, 0.05) is 12.8 Å². The van der Waals surface area contributed by atoms with Gasteiger partial charge in [0.15, 0.2) is 0 Å². The first-order valence-electron chi connectivity index (χ1n) is 11.7. The number of nitrogens with one attached hydrogen (secondary N) is 1. The molecule has 31 heavy (non-hydrogen) atoms. The third-order valence-corrected chi connectivity index (χ3v) is 5.29. The van der Waals surface area contributed by atoms with Crippen LogP contribution < -0.4 is 5.32 Å². The second-order valence-corrected chi connectivity index (χ2v) is 8.09. The second kappa shape index (κ2) is 27.9. The first-order chi connectivity index (χ1) is 14.0. The average molecular weight is 494 g/mol. The third kappa shape index (κ3) is 27.8. The molecule has 0 aliphatic carbocycles. The molecule has 1 amide bonds. The minimum atomic E-state index is -1.18. The van der Waals surface area contributed by atoms with Crippen molar-refractivity contribution in [1.82, 2.24) is 5.32 Å². The number of carboxylic acids is 2. The molecule has 0 heterocycles. The van der Waals surface area contributed by atoms with E-state index in [1.165, 1.54) is 77.0 Å². The maximum absolute atomic E-state index is 11.8. The Morgan fingerprint density at radius 3 is 1.39 bits per heavy atom. The molecule has 0 saturated heterocycles. The van der Waals surface area contributed by atoms with Gasteiger partial charge in [-0.25, -0.2) is 4.79 Å². The molecule has 0 aromatic heterocycles. The summed E-state index contributed by atoms with van der Waals surface area (Å²) >= 11 is 0. The van der Waals surface area contributed by atoms with E-state index in [-0.39, 0.29) is 122 Å². The van der Waals surface area contributed by atoms with E-state index >= 15 is 0 Å². The van der Waals surface area contributed by atoms with Crippen LogP contribution in [0.4, 0.5) is 0 Å². The Hall–Kier alpha value is 1.68. The summed E-state index contributed by atoms with van der Waals surface area (Å²) in [6.45, 7) is 2.25. The maximum atomic E-state index is 11.8. The molecule has 0 fully saturated rings. The molecular formula is C23H45K2NO5. The Bertz CT molecular complexity index is 450. The Balaban J connectivity index is -0.00000392.